The molecule has 4 heteroatoms. The maximum atomic E-state index is 12.8. The zero-order valence-electron chi connectivity index (χ0n) is 12.9. The maximum absolute atomic E-state index is 12.8. The molecule has 0 saturated heterocycles. The summed E-state index contributed by atoms with van der Waals surface area (Å²) in [4.78, 5) is 20.5. The van der Waals surface area contributed by atoms with E-state index < -0.39 is 0 Å². The van der Waals surface area contributed by atoms with Crippen molar-refractivity contribution in [2.45, 2.75) is 19.4 Å². The molecule has 4 rings (SSSR count). The number of nitrogens with one attached hydrogen (secondary N) is 1. The number of benzene rings is 2. The lowest BCUT2D eigenvalue weighted by atomic mass is 10.0. The second kappa shape index (κ2) is 5.39. The van der Waals surface area contributed by atoms with E-state index in [0.29, 0.717) is 12.1 Å². The molecule has 0 saturated carbocycles. The SMILES string of the molecule is CC(Cn1cnc2c([nH]c3ccccc32)c1=O)c1ccccc1. The van der Waals surface area contributed by atoms with Crippen LogP contribution in [0.5, 0.6) is 0 Å². The molecule has 4 nitrogen and oxygen atoms in total. The molecular weight excluding hydrogens is 286 g/mol. The van der Waals surface area contributed by atoms with Gasteiger partial charge in [-0.3, -0.25) is 9.36 Å². The van der Waals surface area contributed by atoms with Gasteiger partial charge in [0.05, 0.1) is 6.33 Å². The van der Waals surface area contributed by atoms with E-state index in [1.54, 1.807) is 10.9 Å². The van der Waals surface area contributed by atoms with E-state index in [-0.39, 0.29) is 11.5 Å². The molecule has 0 spiro atoms. The van der Waals surface area contributed by atoms with Crippen molar-refractivity contribution in [3.63, 3.8) is 0 Å². The Morgan fingerprint density at radius 2 is 1.83 bits per heavy atom. The second-order valence-corrected chi connectivity index (χ2v) is 5.91. The summed E-state index contributed by atoms with van der Waals surface area (Å²) >= 11 is 0. The summed E-state index contributed by atoms with van der Waals surface area (Å²) in [6.45, 7) is 2.73. The summed E-state index contributed by atoms with van der Waals surface area (Å²) in [5.41, 5.74) is 3.47. The van der Waals surface area contributed by atoms with E-state index in [0.717, 1.165) is 16.4 Å². The number of rotatable bonds is 3. The van der Waals surface area contributed by atoms with Crippen molar-refractivity contribution in [2.75, 3.05) is 0 Å². The molecule has 2 aromatic heterocycles. The molecular formula is C19H17N3O. The number of nitrogens with zero attached hydrogens (tertiary/aromatic N) is 2. The molecule has 1 unspecified atom stereocenters. The van der Waals surface area contributed by atoms with Crippen LogP contribution in [0.25, 0.3) is 21.9 Å². The van der Waals surface area contributed by atoms with E-state index in [1.165, 1.54) is 5.56 Å². The van der Waals surface area contributed by atoms with Crippen LogP contribution < -0.4 is 5.56 Å². The highest BCUT2D eigenvalue weighted by Gasteiger charge is 2.12. The normalized spacial score (nSPS) is 12.7. The minimum Gasteiger partial charge on any atom is -0.349 e. The number of aromatic nitrogens is 3. The Kier molecular flexibility index (Phi) is 3.23. The van der Waals surface area contributed by atoms with E-state index in [9.17, 15) is 4.79 Å². The van der Waals surface area contributed by atoms with Crippen molar-refractivity contribution in [3.8, 4) is 0 Å². The van der Waals surface area contributed by atoms with Crippen LogP contribution in [0.1, 0.15) is 18.4 Å². The Balaban J connectivity index is 1.78. The molecule has 2 heterocycles. The summed E-state index contributed by atoms with van der Waals surface area (Å²) in [5.74, 6) is 0.248. The van der Waals surface area contributed by atoms with Crippen LogP contribution in [-0.4, -0.2) is 14.5 Å². The van der Waals surface area contributed by atoms with Gasteiger partial charge in [0, 0.05) is 17.4 Å². The van der Waals surface area contributed by atoms with E-state index in [1.807, 2.05) is 42.5 Å². The van der Waals surface area contributed by atoms with Crippen LogP contribution in [0.15, 0.2) is 65.7 Å². The minimum atomic E-state index is -0.0195. The van der Waals surface area contributed by atoms with Crippen LogP contribution in [0.4, 0.5) is 0 Å². The van der Waals surface area contributed by atoms with Gasteiger partial charge in [0.15, 0.2) is 0 Å². The molecule has 23 heavy (non-hydrogen) atoms. The molecule has 0 aliphatic rings. The first-order valence-electron chi connectivity index (χ1n) is 7.75. The van der Waals surface area contributed by atoms with Crippen molar-refractivity contribution in [1.82, 2.24) is 14.5 Å². The van der Waals surface area contributed by atoms with Gasteiger partial charge in [0.1, 0.15) is 11.0 Å². The zero-order valence-corrected chi connectivity index (χ0v) is 12.9. The van der Waals surface area contributed by atoms with Gasteiger partial charge in [-0.15, -0.1) is 0 Å². The molecule has 2 aromatic carbocycles. The largest absolute Gasteiger partial charge is 0.349 e. The Labute approximate surface area is 133 Å². The monoisotopic (exact) mass is 303 g/mol. The third-order valence-corrected chi connectivity index (χ3v) is 4.32. The van der Waals surface area contributed by atoms with E-state index >= 15 is 0 Å². The quantitative estimate of drug-likeness (QED) is 0.627. The number of hydrogen-bond acceptors (Lipinski definition) is 2. The van der Waals surface area contributed by atoms with Crippen molar-refractivity contribution in [3.05, 3.63) is 76.8 Å². The summed E-state index contributed by atoms with van der Waals surface area (Å²) in [6, 6.07) is 18.1. The first-order chi connectivity index (χ1) is 11.2. The predicted molar refractivity (Wildman–Crippen MR) is 92.7 cm³/mol. The molecule has 114 valence electrons. The Bertz CT molecular complexity index is 1030. The lowest BCUT2D eigenvalue weighted by molar-refractivity contribution is 0.576. The molecule has 1 N–H and O–H groups in total. The smallest absolute Gasteiger partial charge is 0.277 e. The van der Waals surface area contributed by atoms with Crippen LogP contribution in [0.3, 0.4) is 0 Å². The zero-order chi connectivity index (χ0) is 15.8. The van der Waals surface area contributed by atoms with Gasteiger partial charge in [-0.05, 0) is 17.5 Å². The van der Waals surface area contributed by atoms with Crippen molar-refractivity contribution in [1.29, 1.82) is 0 Å². The highest BCUT2D eigenvalue weighted by Crippen LogP contribution is 2.21. The Hall–Kier alpha value is -2.88. The van der Waals surface area contributed by atoms with Gasteiger partial charge < -0.3 is 4.98 Å². The molecule has 0 aliphatic heterocycles. The van der Waals surface area contributed by atoms with Crippen LogP contribution in [-0.2, 0) is 6.54 Å². The van der Waals surface area contributed by atoms with Gasteiger partial charge in [-0.1, -0.05) is 55.5 Å². The topological polar surface area (TPSA) is 50.7 Å². The highest BCUT2D eigenvalue weighted by molar-refractivity contribution is 6.04. The molecule has 0 aliphatic carbocycles. The van der Waals surface area contributed by atoms with Gasteiger partial charge in [0.2, 0.25) is 0 Å². The number of para-hydroxylation sites is 1. The standard InChI is InChI=1S/C19H17N3O/c1-13(14-7-3-2-4-8-14)11-22-12-20-17-15-9-5-6-10-16(15)21-18(17)19(22)23/h2-10,12-13,21H,11H2,1H3. The molecule has 0 radical (unpaired) electrons. The Morgan fingerprint density at radius 3 is 2.65 bits per heavy atom. The summed E-state index contributed by atoms with van der Waals surface area (Å²) in [6.07, 6.45) is 1.66. The average molecular weight is 303 g/mol. The number of hydrogen-bond donors (Lipinski definition) is 1. The van der Waals surface area contributed by atoms with E-state index in [2.05, 4.69) is 29.0 Å². The van der Waals surface area contributed by atoms with Crippen molar-refractivity contribution >= 4 is 21.9 Å². The van der Waals surface area contributed by atoms with Crippen LogP contribution >= 0.6 is 0 Å². The molecule has 4 aromatic rings. The van der Waals surface area contributed by atoms with Gasteiger partial charge in [-0.2, -0.15) is 0 Å². The number of H-pyrrole nitrogens is 1. The third kappa shape index (κ3) is 2.32. The maximum Gasteiger partial charge on any atom is 0.277 e. The van der Waals surface area contributed by atoms with Gasteiger partial charge in [0.25, 0.3) is 5.56 Å². The average Bonchev–Trinajstić information content (AvgIpc) is 2.98. The Morgan fingerprint density at radius 1 is 1.09 bits per heavy atom. The lowest BCUT2D eigenvalue weighted by Crippen LogP contribution is -2.23. The van der Waals surface area contributed by atoms with Gasteiger partial charge >= 0.3 is 0 Å². The third-order valence-electron chi connectivity index (χ3n) is 4.32. The minimum absolute atomic E-state index is 0.0195. The fraction of sp³-hybridized carbons (Fsp3) is 0.158. The summed E-state index contributed by atoms with van der Waals surface area (Å²) < 4.78 is 1.69. The summed E-state index contributed by atoms with van der Waals surface area (Å²) in [5, 5.41) is 0.989. The predicted octanol–water partition coefficient (Wildman–Crippen LogP) is 3.68. The molecule has 0 bridgehead atoms. The molecule has 1 atom stereocenters. The highest BCUT2D eigenvalue weighted by atomic mass is 16.1. The number of aromatic amines is 1. The fourth-order valence-electron chi connectivity index (χ4n) is 3.05. The second-order valence-electron chi connectivity index (χ2n) is 5.91. The van der Waals surface area contributed by atoms with Crippen molar-refractivity contribution < 1.29 is 0 Å². The molecule has 0 amide bonds. The van der Waals surface area contributed by atoms with Crippen LogP contribution in [0, 0.1) is 0 Å². The fourth-order valence-corrected chi connectivity index (χ4v) is 3.05. The van der Waals surface area contributed by atoms with Gasteiger partial charge in [-0.25, -0.2) is 4.98 Å². The first-order valence-corrected chi connectivity index (χ1v) is 7.75. The van der Waals surface area contributed by atoms with Crippen LogP contribution in [0.2, 0.25) is 0 Å². The lowest BCUT2D eigenvalue weighted by Gasteiger charge is -2.13. The molecule has 0 fully saturated rings. The van der Waals surface area contributed by atoms with E-state index in [4.69, 9.17) is 0 Å². The van der Waals surface area contributed by atoms with Crippen molar-refractivity contribution in [2.24, 2.45) is 0 Å². The summed E-state index contributed by atoms with van der Waals surface area (Å²) in [7, 11) is 0. The first kappa shape index (κ1) is 13.8. The number of fused-ring (bicyclic) bond motifs is 3.